The van der Waals surface area contributed by atoms with E-state index in [2.05, 4.69) is 20.3 Å². The summed E-state index contributed by atoms with van der Waals surface area (Å²) in [5, 5.41) is 4.69. The number of ether oxygens (including phenoxy) is 1. The number of halogens is 1. The fourth-order valence-corrected chi connectivity index (χ4v) is 3.93. The van der Waals surface area contributed by atoms with Crippen molar-refractivity contribution in [3.8, 4) is 22.4 Å². The van der Waals surface area contributed by atoms with Gasteiger partial charge in [-0.15, -0.1) is 0 Å². The van der Waals surface area contributed by atoms with Gasteiger partial charge in [0.2, 0.25) is 0 Å². The predicted octanol–water partition coefficient (Wildman–Crippen LogP) is 3.65. The standard InChI is InChI=1S/C22H19ClN6O/c23-14-4-1-3-13(9-14)16-10-17(29-22-19(16)21(24)27-12-28-22)15-5-2-6-26-20(15)18-11-25-7-8-30-18/h1-6,9-10,12,18,25H,7-8,11H2,(H2,24,27,28,29). The summed E-state index contributed by atoms with van der Waals surface area (Å²) in [6.07, 6.45) is 3.06. The van der Waals surface area contributed by atoms with Crippen LogP contribution in [0, 0.1) is 0 Å². The quantitative estimate of drug-likeness (QED) is 0.523. The third-order valence-electron chi connectivity index (χ3n) is 5.12. The van der Waals surface area contributed by atoms with Crippen molar-refractivity contribution in [1.29, 1.82) is 0 Å². The van der Waals surface area contributed by atoms with Gasteiger partial charge in [-0.3, -0.25) is 4.98 Å². The summed E-state index contributed by atoms with van der Waals surface area (Å²) in [6.45, 7) is 2.18. The Morgan fingerprint density at radius 3 is 2.83 bits per heavy atom. The predicted molar refractivity (Wildman–Crippen MR) is 117 cm³/mol. The first-order valence-electron chi connectivity index (χ1n) is 9.65. The smallest absolute Gasteiger partial charge is 0.165 e. The molecular weight excluding hydrogens is 400 g/mol. The molecule has 1 unspecified atom stereocenters. The molecule has 1 aliphatic rings. The number of nitrogens with two attached hydrogens (primary N) is 1. The number of morpholine rings is 1. The first kappa shape index (κ1) is 18.9. The average molecular weight is 419 g/mol. The van der Waals surface area contributed by atoms with Crippen LogP contribution in [0.5, 0.6) is 0 Å². The monoisotopic (exact) mass is 418 g/mol. The summed E-state index contributed by atoms with van der Waals surface area (Å²) in [5.41, 5.74) is 11.0. The molecule has 1 saturated heterocycles. The molecule has 0 bridgehead atoms. The summed E-state index contributed by atoms with van der Waals surface area (Å²) in [4.78, 5) is 17.9. The van der Waals surface area contributed by atoms with E-state index in [9.17, 15) is 0 Å². The van der Waals surface area contributed by atoms with Gasteiger partial charge in [0.05, 0.1) is 23.4 Å². The lowest BCUT2D eigenvalue weighted by Gasteiger charge is -2.24. The molecule has 7 nitrogen and oxygen atoms in total. The Kier molecular flexibility index (Phi) is 5.00. The Morgan fingerprint density at radius 2 is 2.00 bits per heavy atom. The van der Waals surface area contributed by atoms with E-state index >= 15 is 0 Å². The third kappa shape index (κ3) is 3.47. The van der Waals surface area contributed by atoms with Gasteiger partial charge in [0.25, 0.3) is 0 Å². The number of pyridine rings is 2. The summed E-state index contributed by atoms with van der Waals surface area (Å²) in [6, 6.07) is 13.5. The van der Waals surface area contributed by atoms with Crippen molar-refractivity contribution < 1.29 is 4.74 Å². The lowest BCUT2D eigenvalue weighted by Crippen LogP contribution is -2.34. The summed E-state index contributed by atoms with van der Waals surface area (Å²) < 4.78 is 5.95. The zero-order valence-corrected chi connectivity index (χ0v) is 16.8. The molecule has 4 heterocycles. The Labute approximate surface area is 178 Å². The molecule has 5 rings (SSSR count). The highest BCUT2D eigenvalue weighted by atomic mass is 35.5. The third-order valence-corrected chi connectivity index (χ3v) is 5.35. The molecule has 1 atom stereocenters. The molecule has 8 heteroatoms. The van der Waals surface area contributed by atoms with Crippen molar-refractivity contribution in [2.75, 3.05) is 25.4 Å². The number of hydrogen-bond acceptors (Lipinski definition) is 7. The Bertz CT molecular complexity index is 1230. The summed E-state index contributed by atoms with van der Waals surface area (Å²) >= 11 is 6.26. The highest BCUT2D eigenvalue weighted by Gasteiger charge is 2.23. The zero-order valence-electron chi connectivity index (χ0n) is 16.0. The molecule has 0 spiro atoms. The number of aromatic nitrogens is 4. The number of hydrogen-bond donors (Lipinski definition) is 2. The second-order valence-corrected chi connectivity index (χ2v) is 7.46. The molecule has 1 aliphatic heterocycles. The molecule has 4 aromatic rings. The van der Waals surface area contributed by atoms with E-state index in [0.717, 1.165) is 34.6 Å². The van der Waals surface area contributed by atoms with Crippen LogP contribution in [0.25, 0.3) is 33.4 Å². The molecular formula is C22H19ClN6O. The van der Waals surface area contributed by atoms with Crippen molar-refractivity contribution in [1.82, 2.24) is 25.3 Å². The highest BCUT2D eigenvalue weighted by Crippen LogP contribution is 2.36. The fraction of sp³-hybridized carbons (Fsp3) is 0.182. The molecule has 0 aliphatic carbocycles. The molecule has 150 valence electrons. The van der Waals surface area contributed by atoms with Crippen molar-refractivity contribution >= 4 is 28.5 Å². The van der Waals surface area contributed by atoms with E-state index in [1.807, 2.05) is 42.5 Å². The van der Waals surface area contributed by atoms with Gasteiger partial charge in [0.1, 0.15) is 18.2 Å². The SMILES string of the molecule is Nc1ncnc2nc(-c3cccnc3C3CNCCO3)cc(-c3cccc(Cl)c3)c12. The van der Waals surface area contributed by atoms with Gasteiger partial charge in [-0.2, -0.15) is 0 Å². The molecule has 1 fully saturated rings. The molecule has 30 heavy (non-hydrogen) atoms. The van der Waals surface area contributed by atoms with E-state index in [1.165, 1.54) is 6.33 Å². The normalized spacial score (nSPS) is 16.6. The minimum absolute atomic E-state index is 0.141. The minimum Gasteiger partial charge on any atom is -0.383 e. The van der Waals surface area contributed by atoms with E-state index in [1.54, 1.807) is 6.20 Å². The van der Waals surface area contributed by atoms with Crippen LogP contribution in [0.3, 0.4) is 0 Å². The van der Waals surface area contributed by atoms with E-state index in [4.69, 9.17) is 27.1 Å². The van der Waals surface area contributed by atoms with E-state index < -0.39 is 0 Å². The first-order chi connectivity index (χ1) is 14.7. The van der Waals surface area contributed by atoms with Crippen molar-refractivity contribution in [3.63, 3.8) is 0 Å². The zero-order chi connectivity index (χ0) is 20.5. The Hall–Kier alpha value is -3.13. The number of nitrogens with one attached hydrogen (secondary N) is 1. The Balaban J connectivity index is 1.74. The second-order valence-electron chi connectivity index (χ2n) is 7.02. The van der Waals surface area contributed by atoms with Gasteiger partial charge in [-0.1, -0.05) is 23.7 Å². The van der Waals surface area contributed by atoms with Gasteiger partial charge < -0.3 is 15.8 Å². The van der Waals surface area contributed by atoms with Crippen LogP contribution < -0.4 is 11.1 Å². The maximum absolute atomic E-state index is 6.26. The average Bonchev–Trinajstić information content (AvgIpc) is 2.79. The molecule has 3 aromatic heterocycles. The second kappa shape index (κ2) is 7.95. The maximum atomic E-state index is 6.26. The highest BCUT2D eigenvalue weighted by molar-refractivity contribution is 6.31. The number of nitrogen functional groups attached to an aromatic ring is 1. The number of fused-ring (bicyclic) bond motifs is 1. The van der Waals surface area contributed by atoms with Gasteiger partial charge in [0, 0.05) is 29.9 Å². The molecule has 1 aromatic carbocycles. The van der Waals surface area contributed by atoms with Gasteiger partial charge in [-0.05, 0) is 41.5 Å². The van der Waals surface area contributed by atoms with Gasteiger partial charge >= 0.3 is 0 Å². The van der Waals surface area contributed by atoms with E-state index in [-0.39, 0.29) is 6.10 Å². The van der Waals surface area contributed by atoms with Crippen LogP contribution >= 0.6 is 11.6 Å². The van der Waals surface area contributed by atoms with Crippen LogP contribution in [-0.4, -0.2) is 39.6 Å². The van der Waals surface area contributed by atoms with Crippen LogP contribution in [0.15, 0.2) is 55.0 Å². The van der Waals surface area contributed by atoms with Crippen molar-refractivity contribution in [3.05, 3.63) is 65.7 Å². The van der Waals surface area contributed by atoms with Crippen LogP contribution in [0.4, 0.5) is 5.82 Å². The van der Waals surface area contributed by atoms with Crippen molar-refractivity contribution in [2.45, 2.75) is 6.10 Å². The van der Waals surface area contributed by atoms with Gasteiger partial charge in [0.15, 0.2) is 5.65 Å². The Morgan fingerprint density at radius 1 is 1.07 bits per heavy atom. The number of rotatable bonds is 3. The lowest BCUT2D eigenvalue weighted by molar-refractivity contribution is 0.0254. The van der Waals surface area contributed by atoms with Crippen LogP contribution in [-0.2, 0) is 4.74 Å². The summed E-state index contributed by atoms with van der Waals surface area (Å²) in [5.74, 6) is 0.375. The largest absolute Gasteiger partial charge is 0.383 e. The number of anilines is 1. The van der Waals surface area contributed by atoms with Crippen LogP contribution in [0.2, 0.25) is 5.02 Å². The molecule has 0 amide bonds. The lowest BCUT2D eigenvalue weighted by atomic mass is 9.98. The van der Waals surface area contributed by atoms with Crippen LogP contribution in [0.1, 0.15) is 11.8 Å². The van der Waals surface area contributed by atoms with E-state index in [0.29, 0.717) is 35.0 Å². The number of nitrogens with zero attached hydrogens (tertiary/aromatic N) is 4. The first-order valence-corrected chi connectivity index (χ1v) is 10.0. The summed E-state index contributed by atoms with van der Waals surface area (Å²) in [7, 11) is 0. The minimum atomic E-state index is -0.141. The topological polar surface area (TPSA) is 98.8 Å². The molecule has 3 N–H and O–H groups in total. The molecule has 0 radical (unpaired) electrons. The maximum Gasteiger partial charge on any atom is 0.165 e. The number of benzene rings is 1. The van der Waals surface area contributed by atoms with Gasteiger partial charge in [-0.25, -0.2) is 15.0 Å². The van der Waals surface area contributed by atoms with Crippen molar-refractivity contribution in [2.24, 2.45) is 0 Å². The molecule has 0 saturated carbocycles. The fourth-order valence-electron chi connectivity index (χ4n) is 3.74.